The highest BCUT2D eigenvalue weighted by Crippen LogP contribution is 2.26. The Morgan fingerprint density at radius 1 is 1.47 bits per heavy atom. The summed E-state index contributed by atoms with van der Waals surface area (Å²) in [5.74, 6) is -0.288. The zero-order chi connectivity index (χ0) is 12.4. The van der Waals surface area contributed by atoms with Gasteiger partial charge in [0.1, 0.15) is 5.82 Å². The number of aromatic nitrogens is 2. The molecule has 1 aromatic heterocycles. The van der Waals surface area contributed by atoms with Crippen LogP contribution in [0.2, 0.25) is 0 Å². The number of aryl methyl sites for hydroxylation is 1. The fraction of sp³-hybridized carbons (Fsp3) is 0.250. The average molecular weight is 234 g/mol. The molecule has 2 aromatic rings. The second kappa shape index (κ2) is 4.45. The van der Waals surface area contributed by atoms with Crippen molar-refractivity contribution >= 4 is 11.4 Å². The molecule has 2 rings (SSSR count). The first-order chi connectivity index (χ1) is 8.08. The predicted octanol–water partition coefficient (Wildman–Crippen LogP) is 2.61. The number of rotatable bonds is 3. The Bertz CT molecular complexity index is 507. The summed E-state index contributed by atoms with van der Waals surface area (Å²) in [5.41, 5.74) is 8.50. The molecule has 0 saturated carbocycles. The van der Waals surface area contributed by atoms with Gasteiger partial charge in [0.2, 0.25) is 0 Å². The maximum atomic E-state index is 13.2. The lowest BCUT2D eigenvalue weighted by Gasteiger charge is -2.16. The van der Waals surface area contributed by atoms with Crippen LogP contribution in [0.15, 0.2) is 24.5 Å². The first-order valence-corrected chi connectivity index (χ1v) is 5.38. The third-order valence-corrected chi connectivity index (χ3v) is 2.72. The van der Waals surface area contributed by atoms with E-state index < -0.39 is 0 Å². The molecular weight excluding hydrogens is 219 g/mol. The summed E-state index contributed by atoms with van der Waals surface area (Å²) in [6, 6.07) is 3.10. The van der Waals surface area contributed by atoms with Gasteiger partial charge in [0.05, 0.1) is 23.6 Å². The average Bonchev–Trinajstić information content (AvgIpc) is 2.79. The molecule has 4 N–H and O–H groups in total. The van der Waals surface area contributed by atoms with Crippen LogP contribution in [0.3, 0.4) is 0 Å². The Morgan fingerprint density at radius 3 is 2.88 bits per heavy atom. The zero-order valence-corrected chi connectivity index (χ0v) is 9.79. The van der Waals surface area contributed by atoms with Gasteiger partial charge in [-0.2, -0.15) is 5.10 Å². The van der Waals surface area contributed by atoms with Crippen LogP contribution in [0.1, 0.15) is 24.1 Å². The van der Waals surface area contributed by atoms with Crippen molar-refractivity contribution in [3.05, 3.63) is 41.5 Å². The lowest BCUT2D eigenvalue weighted by atomic mass is 10.1. The van der Waals surface area contributed by atoms with Crippen LogP contribution in [0.5, 0.6) is 0 Å². The Morgan fingerprint density at radius 2 is 2.24 bits per heavy atom. The molecule has 0 fully saturated rings. The predicted molar refractivity (Wildman–Crippen MR) is 66.2 cm³/mol. The minimum Gasteiger partial charge on any atom is -0.397 e. The van der Waals surface area contributed by atoms with E-state index >= 15 is 0 Å². The van der Waals surface area contributed by atoms with Gasteiger partial charge < -0.3 is 11.1 Å². The molecule has 0 spiro atoms. The SMILES string of the molecule is Cc1cc(NC(C)c2cn[nH]c2)c(N)cc1F. The molecule has 1 aromatic carbocycles. The van der Waals surface area contributed by atoms with E-state index in [1.54, 1.807) is 19.2 Å². The van der Waals surface area contributed by atoms with Gasteiger partial charge >= 0.3 is 0 Å². The zero-order valence-electron chi connectivity index (χ0n) is 9.79. The van der Waals surface area contributed by atoms with E-state index in [9.17, 15) is 4.39 Å². The van der Waals surface area contributed by atoms with Gasteiger partial charge in [-0.05, 0) is 31.5 Å². The minimum atomic E-state index is -0.288. The fourth-order valence-corrected chi connectivity index (χ4v) is 1.64. The van der Waals surface area contributed by atoms with Crippen molar-refractivity contribution in [3.8, 4) is 0 Å². The number of nitrogens with two attached hydrogens (primary N) is 1. The third kappa shape index (κ3) is 2.38. The summed E-state index contributed by atoms with van der Waals surface area (Å²) < 4.78 is 13.2. The van der Waals surface area contributed by atoms with Crippen molar-refractivity contribution in [2.24, 2.45) is 0 Å². The number of anilines is 2. The summed E-state index contributed by atoms with van der Waals surface area (Å²) in [5, 5.41) is 9.86. The standard InChI is InChI=1S/C12H15FN4/c1-7-3-12(11(14)4-10(7)13)17-8(2)9-5-15-16-6-9/h3-6,8,17H,14H2,1-2H3,(H,15,16). The molecule has 0 radical (unpaired) electrons. The number of hydrogen-bond acceptors (Lipinski definition) is 3. The molecule has 0 amide bonds. The normalized spacial score (nSPS) is 12.4. The lowest BCUT2D eigenvalue weighted by Crippen LogP contribution is -2.08. The molecule has 0 aliphatic rings. The van der Waals surface area contributed by atoms with E-state index in [1.807, 2.05) is 13.1 Å². The molecule has 0 aliphatic heterocycles. The topological polar surface area (TPSA) is 66.7 Å². The van der Waals surface area contributed by atoms with Crippen molar-refractivity contribution in [3.63, 3.8) is 0 Å². The van der Waals surface area contributed by atoms with Crippen LogP contribution < -0.4 is 11.1 Å². The Hall–Kier alpha value is -2.04. The molecule has 90 valence electrons. The van der Waals surface area contributed by atoms with Gasteiger partial charge in [0, 0.05) is 11.8 Å². The molecule has 1 unspecified atom stereocenters. The van der Waals surface area contributed by atoms with E-state index in [4.69, 9.17) is 5.73 Å². The molecule has 0 bridgehead atoms. The summed E-state index contributed by atoms with van der Waals surface area (Å²) in [4.78, 5) is 0. The van der Waals surface area contributed by atoms with Crippen LogP contribution in [0, 0.1) is 12.7 Å². The molecule has 1 heterocycles. The first kappa shape index (κ1) is 11.4. The quantitative estimate of drug-likeness (QED) is 0.715. The summed E-state index contributed by atoms with van der Waals surface area (Å²) in [6.07, 6.45) is 3.55. The van der Waals surface area contributed by atoms with Crippen LogP contribution in [0.4, 0.5) is 15.8 Å². The van der Waals surface area contributed by atoms with Crippen molar-refractivity contribution in [1.29, 1.82) is 0 Å². The fourth-order valence-electron chi connectivity index (χ4n) is 1.64. The number of nitrogen functional groups attached to an aromatic ring is 1. The van der Waals surface area contributed by atoms with Gasteiger partial charge in [-0.1, -0.05) is 0 Å². The van der Waals surface area contributed by atoms with Crippen molar-refractivity contribution in [2.75, 3.05) is 11.1 Å². The largest absolute Gasteiger partial charge is 0.397 e. The molecular formula is C12H15FN4. The highest BCUT2D eigenvalue weighted by Gasteiger charge is 2.10. The van der Waals surface area contributed by atoms with E-state index in [-0.39, 0.29) is 11.9 Å². The van der Waals surface area contributed by atoms with E-state index in [0.717, 1.165) is 11.3 Å². The molecule has 0 saturated heterocycles. The summed E-state index contributed by atoms with van der Waals surface area (Å²) in [7, 11) is 0. The molecule has 4 nitrogen and oxygen atoms in total. The minimum absolute atomic E-state index is 0.0564. The number of hydrogen-bond donors (Lipinski definition) is 3. The van der Waals surface area contributed by atoms with E-state index in [2.05, 4.69) is 15.5 Å². The van der Waals surface area contributed by atoms with Crippen molar-refractivity contribution < 1.29 is 4.39 Å². The summed E-state index contributed by atoms with van der Waals surface area (Å²) in [6.45, 7) is 3.70. The van der Waals surface area contributed by atoms with E-state index in [1.165, 1.54) is 6.07 Å². The molecule has 0 aliphatic carbocycles. The van der Waals surface area contributed by atoms with Crippen LogP contribution >= 0.6 is 0 Å². The van der Waals surface area contributed by atoms with Crippen LogP contribution in [-0.2, 0) is 0 Å². The summed E-state index contributed by atoms with van der Waals surface area (Å²) >= 11 is 0. The van der Waals surface area contributed by atoms with Gasteiger partial charge in [-0.3, -0.25) is 5.10 Å². The van der Waals surface area contributed by atoms with Crippen molar-refractivity contribution in [1.82, 2.24) is 10.2 Å². The number of nitrogens with zero attached hydrogens (tertiary/aromatic N) is 1. The number of halogens is 1. The second-order valence-electron chi connectivity index (χ2n) is 4.09. The maximum absolute atomic E-state index is 13.2. The maximum Gasteiger partial charge on any atom is 0.128 e. The first-order valence-electron chi connectivity index (χ1n) is 5.38. The molecule has 5 heteroatoms. The Labute approximate surface area is 99.0 Å². The molecule has 1 atom stereocenters. The van der Waals surface area contributed by atoms with Gasteiger partial charge in [-0.15, -0.1) is 0 Å². The lowest BCUT2D eigenvalue weighted by molar-refractivity contribution is 0.619. The van der Waals surface area contributed by atoms with Crippen LogP contribution in [0.25, 0.3) is 0 Å². The number of benzene rings is 1. The highest BCUT2D eigenvalue weighted by atomic mass is 19.1. The van der Waals surface area contributed by atoms with Crippen molar-refractivity contribution in [2.45, 2.75) is 19.9 Å². The number of aromatic amines is 1. The van der Waals surface area contributed by atoms with Gasteiger partial charge in [0.15, 0.2) is 0 Å². The smallest absolute Gasteiger partial charge is 0.128 e. The molecule has 17 heavy (non-hydrogen) atoms. The number of nitrogens with one attached hydrogen (secondary N) is 2. The van der Waals surface area contributed by atoms with E-state index in [0.29, 0.717) is 11.3 Å². The van der Waals surface area contributed by atoms with Gasteiger partial charge in [0.25, 0.3) is 0 Å². The second-order valence-corrected chi connectivity index (χ2v) is 4.09. The highest BCUT2D eigenvalue weighted by molar-refractivity contribution is 5.67. The number of H-pyrrole nitrogens is 1. The van der Waals surface area contributed by atoms with Gasteiger partial charge in [-0.25, -0.2) is 4.39 Å². The monoisotopic (exact) mass is 234 g/mol. The Kier molecular flexibility index (Phi) is 2.99. The third-order valence-electron chi connectivity index (χ3n) is 2.72. The Balaban J connectivity index is 2.22. The van der Waals surface area contributed by atoms with Crippen LogP contribution in [-0.4, -0.2) is 10.2 Å².